The van der Waals surface area contributed by atoms with Crippen molar-refractivity contribution in [1.82, 2.24) is 19.9 Å². The molecule has 3 rings (SSSR count). The predicted octanol–water partition coefficient (Wildman–Crippen LogP) is 3.97. The van der Waals surface area contributed by atoms with Gasteiger partial charge in [-0.25, -0.2) is 9.97 Å². The van der Waals surface area contributed by atoms with Gasteiger partial charge in [0.2, 0.25) is 5.88 Å². The summed E-state index contributed by atoms with van der Waals surface area (Å²) in [4.78, 5) is 37.8. The van der Waals surface area contributed by atoms with E-state index < -0.39 is 5.41 Å². The van der Waals surface area contributed by atoms with Crippen LogP contribution in [0, 0.1) is 16.7 Å². The molecule has 8 nitrogen and oxygen atoms in total. The summed E-state index contributed by atoms with van der Waals surface area (Å²) >= 11 is 0. The van der Waals surface area contributed by atoms with Gasteiger partial charge in [-0.3, -0.25) is 9.59 Å². The molecule has 0 fully saturated rings. The number of Topliss-reactive ketones (excluding diaryl/α,β-unsaturated/α-hetero) is 1. The number of likely N-dealkylation sites (N-methyl/N-ethyl adjacent to an activating group) is 1. The van der Waals surface area contributed by atoms with Crippen LogP contribution in [0.15, 0.2) is 42.2 Å². The summed E-state index contributed by atoms with van der Waals surface area (Å²) in [5, 5.41) is 9.27. The molecule has 2 aromatic heterocycles. The molecule has 0 aliphatic heterocycles. The lowest BCUT2D eigenvalue weighted by Gasteiger charge is -2.15. The van der Waals surface area contributed by atoms with E-state index in [-0.39, 0.29) is 23.1 Å². The number of nitriles is 1. The molecule has 3 aromatic rings. The van der Waals surface area contributed by atoms with Crippen LogP contribution in [0.3, 0.4) is 0 Å². The maximum Gasteiger partial charge on any atom is 0.264 e. The molecule has 0 saturated carbocycles. The van der Waals surface area contributed by atoms with Crippen LogP contribution < -0.4 is 4.74 Å². The number of hydrogen-bond acceptors (Lipinski definition) is 6. The van der Waals surface area contributed by atoms with Crippen molar-refractivity contribution in [3.05, 3.63) is 53.4 Å². The Balaban J connectivity index is 1.91. The summed E-state index contributed by atoms with van der Waals surface area (Å²) in [5.74, 6) is 0.248. The summed E-state index contributed by atoms with van der Waals surface area (Å²) < 4.78 is 5.83. The number of fused-ring (bicyclic) bond motifs is 1. The first-order chi connectivity index (χ1) is 14.6. The number of ketones is 1. The molecule has 1 N–H and O–H groups in total. The zero-order valence-corrected chi connectivity index (χ0v) is 18.1. The maximum absolute atomic E-state index is 12.7. The van der Waals surface area contributed by atoms with Crippen LogP contribution in [0.4, 0.5) is 0 Å². The Kier molecular flexibility index (Phi) is 5.88. The van der Waals surface area contributed by atoms with E-state index in [9.17, 15) is 14.9 Å². The van der Waals surface area contributed by atoms with E-state index >= 15 is 0 Å². The molecule has 0 aliphatic carbocycles. The van der Waals surface area contributed by atoms with Gasteiger partial charge in [-0.05, 0) is 23.8 Å². The molecule has 0 bridgehead atoms. The average Bonchev–Trinajstić information content (AvgIpc) is 3.13. The first-order valence-corrected chi connectivity index (χ1v) is 9.60. The molecule has 31 heavy (non-hydrogen) atoms. The Morgan fingerprint density at radius 3 is 2.65 bits per heavy atom. The van der Waals surface area contributed by atoms with Crippen LogP contribution in [-0.2, 0) is 4.79 Å². The van der Waals surface area contributed by atoms with Crippen molar-refractivity contribution in [2.45, 2.75) is 20.8 Å². The van der Waals surface area contributed by atoms with Gasteiger partial charge in [0.1, 0.15) is 22.9 Å². The zero-order valence-electron chi connectivity index (χ0n) is 18.1. The first-order valence-electron chi connectivity index (χ1n) is 9.60. The molecule has 2 heterocycles. The molecule has 1 amide bonds. The molecule has 0 saturated heterocycles. The number of rotatable bonds is 5. The molecule has 158 valence electrons. The number of ether oxygens (including phenoxy) is 1. The summed E-state index contributed by atoms with van der Waals surface area (Å²) in [5.41, 5.74) is 1.48. The van der Waals surface area contributed by atoms with Crippen molar-refractivity contribution in [1.29, 1.82) is 5.26 Å². The van der Waals surface area contributed by atoms with Crippen molar-refractivity contribution in [2.75, 3.05) is 14.1 Å². The molecule has 0 spiro atoms. The fourth-order valence-electron chi connectivity index (χ4n) is 2.84. The number of carbonyl (C=O) groups excluding carboxylic acids is 2. The zero-order chi connectivity index (χ0) is 22.8. The molecule has 0 radical (unpaired) electrons. The number of amides is 1. The molecule has 8 heteroatoms. The van der Waals surface area contributed by atoms with Gasteiger partial charge >= 0.3 is 0 Å². The van der Waals surface area contributed by atoms with E-state index in [0.717, 1.165) is 0 Å². The Morgan fingerprint density at radius 1 is 1.26 bits per heavy atom. The van der Waals surface area contributed by atoms with E-state index in [2.05, 4.69) is 15.0 Å². The van der Waals surface area contributed by atoms with Crippen molar-refractivity contribution in [3.8, 4) is 17.7 Å². The largest absolute Gasteiger partial charge is 0.437 e. The van der Waals surface area contributed by atoms with Crippen LogP contribution in [0.1, 0.15) is 36.7 Å². The minimum Gasteiger partial charge on any atom is -0.437 e. The van der Waals surface area contributed by atoms with Crippen molar-refractivity contribution >= 4 is 28.9 Å². The summed E-state index contributed by atoms with van der Waals surface area (Å²) in [6.45, 7) is 5.53. The van der Waals surface area contributed by atoms with Gasteiger partial charge in [-0.2, -0.15) is 5.26 Å². The normalized spacial score (nSPS) is 11.8. The fourth-order valence-corrected chi connectivity index (χ4v) is 2.84. The standard InChI is InChI=1S/C23H23N5O3/c1-23(2,3)20(29)17-12-25-21-19(17)27-18(13-26-21)31-16-8-6-7-14(10-16)9-15(11-24)22(30)28(4)5/h6-10,12-13H,1-5H3,(H,25,26). The lowest BCUT2D eigenvalue weighted by Crippen LogP contribution is -2.22. The second kappa shape index (κ2) is 8.40. The van der Waals surface area contributed by atoms with Crippen molar-refractivity contribution in [2.24, 2.45) is 5.41 Å². The van der Waals surface area contributed by atoms with Gasteiger partial charge in [0.05, 0.1) is 11.8 Å². The third kappa shape index (κ3) is 4.78. The van der Waals surface area contributed by atoms with Crippen LogP contribution in [0.25, 0.3) is 17.2 Å². The lowest BCUT2D eigenvalue weighted by molar-refractivity contribution is -0.124. The first kappa shape index (κ1) is 21.7. The Morgan fingerprint density at radius 2 is 2.00 bits per heavy atom. The van der Waals surface area contributed by atoms with Gasteiger partial charge in [0.25, 0.3) is 5.91 Å². The minimum absolute atomic E-state index is 0.0148. The van der Waals surface area contributed by atoms with Gasteiger partial charge < -0.3 is 14.6 Å². The number of hydrogen-bond donors (Lipinski definition) is 1. The lowest BCUT2D eigenvalue weighted by atomic mass is 9.87. The van der Waals surface area contributed by atoms with E-state index in [1.54, 1.807) is 44.6 Å². The minimum atomic E-state index is -0.559. The van der Waals surface area contributed by atoms with Crippen LogP contribution in [-0.4, -0.2) is 45.6 Å². The van der Waals surface area contributed by atoms with E-state index in [1.165, 1.54) is 17.2 Å². The number of aromatic amines is 1. The fraction of sp³-hybridized carbons (Fsp3) is 0.261. The molecular weight excluding hydrogens is 394 g/mol. The van der Waals surface area contributed by atoms with Gasteiger partial charge in [-0.15, -0.1) is 0 Å². The molecule has 0 aliphatic rings. The number of H-pyrrole nitrogens is 1. The van der Waals surface area contributed by atoms with Crippen LogP contribution >= 0.6 is 0 Å². The van der Waals surface area contributed by atoms with Gasteiger partial charge in [-0.1, -0.05) is 32.9 Å². The molecule has 0 unspecified atom stereocenters. The highest BCUT2D eigenvalue weighted by atomic mass is 16.5. The van der Waals surface area contributed by atoms with Crippen molar-refractivity contribution < 1.29 is 14.3 Å². The Hall–Kier alpha value is -3.99. The number of carbonyl (C=O) groups is 2. The van der Waals surface area contributed by atoms with Gasteiger partial charge in [0.15, 0.2) is 11.4 Å². The second-order valence-corrected chi connectivity index (χ2v) is 8.23. The highest BCUT2D eigenvalue weighted by Crippen LogP contribution is 2.27. The predicted molar refractivity (Wildman–Crippen MR) is 116 cm³/mol. The average molecular weight is 417 g/mol. The third-order valence-corrected chi connectivity index (χ3v) is 4.43. The number of aromatic nitrogens is 3. The molecule has 0 atom stereocenters. The van der Waals surface area contributed by atoms with Crippen LogP contribution in [0.2, 0.25) is 0 Å². The summed E-state index contributed by atoms with van der Waals surface area (Å²) in [6.07, 6.45) is 4.57. The van der Waals surface area contributed by atoms with E-state index in [0.29, 0.717) is 28.0 Å². The third-order valence-electron chi connectivity index (χ3n) is 4.43. The quantitative estimate of drug-likeness (QED) is 0.382. The highest BCUT2D eigenvalue weighted by Gasteiger charge is 2.26. The second-order valence-electron chi connectivity index (χ2n) is 8.23. The number of nitrogens with one attached hydrogen (secondary N) is 1. The van der Waals surface area contributed by atoms with E-state index in [4.69, 9.17) is 4.74 Å². The Bertz CT molecular complexity index is 1230. The monoisotopic (exact) mass is 417 g/mol. The maximum atomic E-state index is 12.7. The number of benzene rings is 1. The highest BCUT2D eigenvalue weighted by molar-refractivity contribution is 6.08. The summed E-state index contributed by atoms with van der Waals surface area (Å²) in [6, 6.07) is 8.83. The van der Waals surface area contributed by atoms with Crippen molar-refractivity contribution in [3.63, 3.8) is 0 Å². The van der Waals surface area contributed by atoms with Crippen LogP contribution in [0.5, 0.6) is 11.6 Å². The topological polar surface area (TPSA) is 112 Å². The van der Waals surface area contributed by atoms with Gasteiger partial charge in [0, 0.05) is 25.7 Å². The summed E-state index contributed by atoms with van der Waals surface area (Å²) in [7, 11) is 3.17. The Labute approximate surface area is 180 Å². The van der Waals surface area contributed by atoms with E-state index in [1.807, 2.05) is 26.8 Å². The molecule has 1 aromatic carbocycles. The molecular formula is C23H23N5O3. The number of nitrogens with zero attached hydrogens (tertiary/aromatic N) is 4. The SMILES string of the molecule is CN(C)C(=O)C(C#N)=Cc1cccc(Oc2cnc3[nH]cc(C(=O)C(C)(C)C)c3n2)c1. The smallest absolute Gasteiger partial charge is 0.264 e.